The lowest BCUT2D eigenvalue weighted by Crippen LogP contribution is -2.16. The molecule has 192 valence electrons. The minimum atomic E-state index is -0.465. The van der Waals surface area contributed by atoms with Gasteiger partial charge >= 0.3 is 5.97 Å². The zero-order chi connectivity index (χ0) is 26.4. The predicted octanol–water partition coefficient (Wildman–Crippen LogP) is 5.65. The number of carbonyl (C=O) groups excluding carboxylic acids is 2. The second-order valence-corrected chi connectivity index (χ2v) is 10.2. The first-order chi connectivity index (χ1) is 17.9. The Hall–Kier alpha value is -3.63. The molecule has 0 saturated carbocycles. The van der Waals surface area contributed by atoms with Gasteiger partial charge in [-0.1, -0.05) is 48.2 Å². The molecule has 0 bridgehead atoms. The number of rotatable bonds is 10. The molecule has 4 aromatic rings. The van der Waals surface area contributed by atoms with Gasteiger partial charge in [-0.2, -0.15) is 0 Å². The Kier molecular flexibility index (Phi) is 8.62. The molecule has 1 N–H and O–H groups in total. The Labute approximate surface area is 224 Å². The lowest BCUT2D eigenvalue weighted by molar-refractivity contribution is -0.113. The van der Waals surface area contributed by atoms with Crippen LogP contribution in [0.5, 0.6) is 5.75 Å². The number of nitrogens with one attached hydrogen (secondary N) is 1. The van der Waals surface area contributed by atoms with Crippen molar-refractivity contribution in [1.82, 2.24) is 14.8 Å². The molecule has 0 unspecified atom stereocenters. The van der Waals surface area contributed by atoms with Crippen LogP contribution in [0.15, 0.2) is 59.1 Å². The summed E-state index contributed by atoms with van der Waals surface area (Å²) in [6, 6.07) is 15.6. The quantitative estimate of drug-likeness (QED) is 0.207. The van der Waals surface area contributed by atoms with Crippen LogP contribution in [0.2, 0.25) is 0 Å². The molecular formula is C27H28N4O4S2. The number of anilines is 1. The number of hydrogen-bond acceptors (Lipinski definition) is 8. The van der Waals surface area contributed by atoms with Crippen LogP contribution in [0.1, 0.15) is 34.2 Å². The van der Waals surface area contributed by atoms with Crippen molar-refractivity contribution in [2.75, 3.05) is 17.7 Å². The fourth-order valence-electron chi connectivity index (χ4n) is 3.74. The molecule has 2 heterocycles. The van der Waals surface area contributed by atoms with Crippen molar-refractivity contribution in [3.8, 4) is 16.9 Å². The molecule has 0 aliphatic carbocycles. The standard InChI is InChI=1S/C27H28N4O4S2/c1-5-34-26(33)24-21(19-9-7-6-8-10-19)15-36-25(24)28-23(32)16-37-27-30-29-22(31(27)4)14-35-20-12-17(2)11-18(3)13-20/h6-13,15H,5,14,16H2,1-4H3,(H,28,32). The van der Waals surface area contributed by atoms with Gasteiger partial charge in [-0.25, -0.2) is 4.79 Å². The first kappa shape index (κ1) is 26.4. The van der Waals surface area contributed by atoms with Crippen molar-refractivity contribution in [3.05, 3.63) is 76.4 Å². The van der Waals surface area contributed by atoms with Gasteiger partial charge in [-0.3, -0.25) is 4.79 Å². The summed E-state index contributed by atoms with van der Waals surface area (Å²) < 4.78 is 13.0. The highest BCUT2D eigenvalue weighted by Gasteiger charge is 2.23. The molecule has 2 aromatic carbocycles. The van der Waals surface area contributed by atoms with E-state index >= 15 is 0 Å². The topological polar surface area (TPSA) is 95.3 Å². The lowest BCUT2D eigenvalue weighted by atomic mass is 10.0. The third kappa shape index (κ3) is 6.58. The molecule has 2 aromatic heterocycles. The van der Waals surface area contributed by atoms with Crippen LogP contribution in [0.4, 0.5) is 5.00 Å². The molecule has 0 radical (unpaired) electrons. The van der Waals surface area contributed by atoms with Crippen LogP contribution < -0.4 is 10.1 Å². The second kappa shape index (κ2) is 12.1. The maximum atomic E-state index is 12.8. The molecule has 4 rings (SSSR count). The third-order valence-corrected chi connectivity index (χ3v) is 7.34. The molecule has 0 aliphatic heterocycles. The van der Waals surface area contributed by atoms with Crippen LogP contribution in [0, 0.1) is 13.8 Å². The van der Waals surface area contributed by atoms with Gasteiger partial charge in [-0.15, -0.1) is 21.5 Å². The average Bonchev–Trinajstić information content (AvgIpc) is 3.44. The van der Waals surface area contributed by atoms with E-state index in [1.165, 1.54) is 23.1 Å². The van der Waals surface area contributed by atoms with Gasteiger partial charge in [0.05, 0.1) is 12.4 Å². The first-order valence-electron chi connectivity index (χ1n) is 11.7. The monoisotopic (exact) mass is 536 g/mol. The van der Waals surface area contributed by atoms with E-state index in [4.69, 9.17) is 9.47 Å². The smallest absolute Gasteiger partial charge is 0.341 e. The van der Waals surface area contributed by atoms with Crippen molar-refractivity contribution >= 4 is 40.0 Å². The summed E-state index contributed by atoms with van der Waals surface area (Å²) in [5, 5.41) is 14.2. The zero-order valence-corrected chi connectivity index (χ0v) is 22.7. The van der Waals surface area contributed by atoms with Gasteiger partial charge in [0.2, 0.25) is 5.91 Å². The first-order valence-corrected chi connectivity index (χ1v) is 13.6. The number of thioether (sulfide) groups is 1. The summed E-state index contributed by atoms with van der Waals surface area (Å²) in [6.45, 7) is 6.31. The number of carbonyl (C=O) groups is 2. The van der Waals surface area contributed by atoms with Crippen LogP contribution >= 0.6 is 23.1 Å². The maximum absolute atomic E-state index is 12.8. The van der Waals surface area contributed by atoms with Crippen LogP contribution in [-0.4, -0.2) is 39.0 Å². The molecule has 0 saturated heterocycles. The summed E-state index contributed by atoms with van der Waals surface area (Å²) in [7, 11) is 1.84. The van der Waals surface area contributed by atoms with Crippen LogP contribution in [-0.2, 0) is 23.2 Å². The number of esters is 1. The van der Waals surface area contributed by atoms with E-state index < -0.39 is 5.97 Å². The van der Waals surface area contributed by atoms with E-state index in [2.05, 4.69) is 21.6 Å². The summed E-state index contributed by atoms with van der Waals surface area (Å²) in [5.41, 5.74) is 4.23. The number of nitrogens with zero attached hydrogens (tertiary/aromatic N) is 3. The van der Waals surface area contributed by atoms with Crippen LogP contribution in [0.25, 0.3) is 11.1 Å². The van der Waals surface area contributed by atoms with E-state index in [0.717, 1.165) is 28.0 Å². The van der Waals surface area contributed by atoms with Crippen LogP contribution in [0.3, 0.4) is 0 Å². The Morgan fingerprint density at radius 3 is 2.51 bits per heavy atom. The normalized spacial score (nSPS) is 10.8. The molecular weight excluding hydrogens is 508 g/mol. The number of hydrogen-bond donors (Lipinski definition) is 1. The summed E-state index contributed by atoms with van der Waals surface area (Å²) in [6.07, 6.45) is 0. The predicted molar refractivity (Wildman–Crippen MR) is 146 cm³/mol. The van der Waals surface area contributed by atoms with Crippen molar-refractivity contribution in [2.45, 2.75) is 32.5 Å². The fourth-order valence-corrected chi connectivity index (χ4v) is 5.44. The molecule has 0 aliphatic rings. The SMILES string of the molecule is CCOC(=O)c1c(-c2ccccc2)csc1NC(=O)CSc1nnc(COc2cc(C)cc(C)c2)n1C. The molecule has 8 nitrogen and oxygen atoms in total. The number of aromatic nitrogens is 3. The molecule has 0 spiro atoms. The number of thiophene rings is 1. The van der Waals surface area contributed by atoms with E-state index in [9.17, 15) is 9.59 Å². The van der Waals surface area contributed by atoms with E-state index in [-0.39, 0.29) is 24.9 Å². The van der Waals surface area contributed by atoms with Gasteiger partial charge < -0.3 is 19.4 Å². The Morgan fingerprint density at radius 2 is 1.81 bits per heavy atom. The summed E-state index contributed by atoms with van der Waals surface area (Å²) in [5.74, 6) is 0.806. The largest absolute Gasteiger partial charge is 0.486 e. The summed E-state index contributed by atoms with van der Waals surface area (Å²) in [4.78, 5) is 25.5. The average molecular weight is 537 g/mol. The van der Waals surface area contributed by atoms with E-state index in [0.29, 0.717) is 21.5 Å². The number of aryl methyl sites for hydroxylation is 2. The molecule has 10 heteroatoms. The second-order valence-electron chi connectivity index (χ2n) is 8.35. The number of ether oxygens (including phenoxy) is 2. The summed E-state index contributed by atoms with van der Waals surface area (Å²) >= 11 is 2.56. The van der Waals surface area contributed by atoms with Crippen molar-refractivity contribution < 1.29 is 19.1 Å². The van der Waals surface area contributed by atoms with E-state index in [1.54, 1.807) is 6.92 Å². The van der Waals surface area contributed by atoms with Gasteiger partial charge in [0.1, 0.15) is 22.9 Å². The van der Waals surface area contributed by atoms with Gasteiger partial charge in [-0.05, 0) is 49.6 Å². The van der Waals surface area contributed by atoms with Gasteiger partial charge in [0.25, 0.3) is 0 Å². The Balaban J connectivity index is 1.40. The van der Waals surface area contributed by atoms with Crippen molar-refractivity contribution in [1.29, 1.82) is 0 Å². The number of benzene rings is 2. The molecule has 0 fully saturated rings. The zero-order valence-electron chi connectivity index (χ0n) is 21.1. The fraction of sp³-hybridized carbons (Fsp3) is 0.259. The minimum Gasteiger partial charge on any atom is -0.486 e. The third-order valence-electron chi connectivity index (χ3n) is 5.43. The minimum absolute atomic E-state index is 0.102. The highest BCUT2D eigenvalue weighted by Crippen LogP contribution is 2.36. The van der Waals surface area contributed by atoms with Gasteiger partial charge in [0.15, 0.2) is 11.0 Å². The molecule has 1 amide bonds. The number of amides is 1. The highest BCUT2D eigenvalue weighted by molar-refractivity contribution is 7.99. The molecule has 0 atom stereocenters. The molecule has 37 heavy (non-hydrogen) atoms. The maximum Gasteiger partial charge on any atom is 0.341 e. The van der Waals surface area contributed by atoms with Crippen molar-refractivity contribution in [3.63, 3.8) is 0 Å². The van der Waals surface area contributed by atoms with Crippen molar-refractivity contribution in [2.24, 2.45) is 7.05 Å². The van der Waals surface area contributed by atoms with E-state index in [1.807, 2.05) is 73.3 Å². The lowest BCUT2D eigenvalue weighted by Gasteiger charge is -2.09. The van der Waals surface area contributed by atoms with Gasteiger partial charge in [0, 0.05) is 18.0 Å². The Bertz CT molecular complexity index is 1380. The Morgan fingerprint density at radius 1 is 1.08 bits per heavy atom. The highest BCUT2D eigenvalue weighted by atomic mass is 32.2.